The van der Waals surface area contributed by atoms with Crippen LogP contribution in [0, 0.1) is 0 Å². The van der Waals surface area contributed by atoms with Crippen molar-refractivity contribution in [2.24, 2.45) is 0 Å². The van der Waals surface area contributed by atoms with Crippen molar-refractivity contribution >= 4 is 17.3 Å². The van der Waals surface area contributed by atoms with Gasteiger partial charge in [0.25, 0.3) is 5.56 Å². The quantitative estimate of drug-likeness (QED) is 0.891. The van der Waals surface area contributed by atoms with Crippen molar-refractivity contribution in [3.05, 3.63) is 57.0 Å². The highest BCUT2D eigenvalue weighted by atomic mass is 35.5. The predicted octanol–water partition coefficient (Wildman–Crippen LogP) is 2.60. The highest BCUT2D eigenvalue weighted by Crippen LogP contribution is 2.15. The molecule has 2 N–H and O–H groups in total. The summed E-state index contributed by atoms with van der Waals surface area (Å²) in [6.45, 7) is 2.73. The first-order chi connectivity index (χ1) is 8.70. The second-order valence-corrected chi connectivity index (χ2v) is 4.33. The van der Waals surface area contributed by atoms with E-state index < -0.39 is 0 Å². The maximum absolute atomic E-state index is 11.2. The Labute approximate surface area is 110 Å². The van der Waals surface area contributed by atoms with E-state index in [0.29, 0.717) is 12.2 Å². The molecule has 0 saturated heterocycles. The van der Waals surface area contributed by atoms with E-state index in [1.54, 1.807) is 0 Å². The molecule has 0 unspecified atom stereocenters. The Kier molecular flexibility index (Phi) is 3.99. The van der Waals surface area contributed by atoms with Crippen LogP contribution in [0.25, 0.3) is 0 Å². The van der Waals surface area contributed by atoms with Crippen LogP contribution >= 0.6 is 11.6 Å². The summed E-state index contributed by atoms with van der Waals surface area (Å²) in [6, 6.07) is 8.30. The first-order valence-corrected chi connectivity index (χ1v) is 6.13. The van der Waals surface area contributed by atoms with E-state index in [2.05, 4.69) is 46.7 Å². The summed E-state index contributed by atoms with van der Waals surface area (Å²) in [7, 11) is 0. The summed E-state index contributed by atoms with van der Waals surface area (Å²) in [6.07, 6.45) is 2.53. The van der Waals surface area contributed by atoms with Gasteiger partial charge < -0.3 is 5.32 Å². The number of nitrogens with zero attached hydrogens (tertiary/aromatic N) is 1. The molecule has 1 aromatic carbocycles. The maximum atomic E-state index is 11.2. The molecule has 0 radical (unpaired) electrons. The van der Waals surface area contributed by atoms with E-state index in [0.717, 1.165) is 12.0 Å². The van der Waals surface area contributed by atoms with Gasteiger partial charge in [-0.2, -0.15) is 5.10 Å². The van der Waals surface area contributed by atoms with Gasteiger partial charge in [-0.25, -0.2) is 5.10 Å². The summed E-state index contributed by atoms with van der Waals surface area (Å²) >= 11 is 5.86. The van der Waals surface area contributed by atoms with Gasteiger partial charge in [0, 0.05) is 6.54 Å². The number of anilines is 1. The SMILES string of the molecule is CCc1ccc(CNc2cn[nH]c(=O)c2Cl)cc1. The van der Waals surface area contributed by atoms with Gasteiger partial charge in [-0.05, 0) is 17.5 Å². The van der Waals surface area contributed by atoms with E-state index in [-0.39, 0.29) is 10.6 Å². The third-order valence-corrected chi connectivity index (χ3v) is 3.08. The molecule has 2 aromatic rings. The van der Waals surface area contributed by atoms with Crippen LogP contribution in [0.15, 0.2) is 35.3 Å². The van der Waals surface area contributed by atoms with Crippen LogP contribution in [-0.2, 0) is 13.0 Å². The Morgan fingerprint density at radius 1 is 1.28 bits per heavy atom. The molecule has 0 bridgehead atoms. The van der Waals surface area contributed by atoms with Crippen molar-refractivity contribution in [1.82, 2.24) is 10.2 Å². The number of hydrogen-bond acceptors (Lipinski definition) is 3. The minimum atomic E-state index is -0.386. The van der Waals surface area contributed by atoms with Crippen molar-refractivity contribution in [2.75, 3.05) is 5.32 Å². The van der Waals surface area contributed by atoms with Gasteiger partial charge in [-0.3, -0.25) is 4.79 Å². The van der Waals surface area contributed by atoms with Crippen molar-refractivity contribution in [3.8, 4) is 0 Å². The summed E-state index contributed by atoms with van der Waals surface area (Å²) < 4.78 is 0. The van der Waals surface area contributed by atoms with Crippen molar-refractivity contribution in [2.45, 2.75) is 19.9 Å². The van der Waals surface area contributed by atoms with Crippen molar-refractivity contribution < 1.29 is 0 Å². The Balaban J connectivity index is 2.06. The molecule has 0 saturated carbocycles. The third-order valence-electron chi connectivity index (χ3n) is 2.71. The molecular formula is C13H14ClN3O. The summed E-state index contributed by atoms with van der Waals surface area (Å²) in [5.74, 6) is 0. The first kappa shape index (κ1) is 12.6. The molecule has 18 heavy (non-hydrogen) atoms. The molecule has 0 aliphatic heterocycles. The molecule has 1 heterocycles. The summed E-state index contributed by atoms with van der Waals surface area (Å²) in [5.41, 5.74) is 2.58. The Morgan fingerprint density at radius 3 is 2.61 bits per heavy atom. The molecular weight excluding hydrogens is 250 g/mol. The average Bonchev–Trinajstić information content (AvgIpc) is 2.41. The highest BCUT2D eigenvalue weighted by molar-refractivity contribution is 6.32. The van der Waals surface area contributed by atoms with Crippen LogP contribution < -0.4 is 10.9 Å². The highest BCUT2D eigenvalue weighted by Gasteiger charge is 2.04. The monoisotopic (exact) mass is 263 g/mol. The first-order valence-electron chi connectivity index (χ1n) is 5.75. The van der Waals surface area contributed by atoms with Crippen molar-refractivity contribution in [3.63, 3.8) is 0 Å². The molecule has 0 fully saturated rings. The largest absolute Gasteiger partial charge is 0.378 e. The number of hydrogen-bond donors (Lipinski definition) is 2. The summed E-state index contributed by atoms with van der Waals surface area (Å²) in [4.78, 5) is 11.2. The number of H-pyrrole nitrogens is 1. The van der Waals surface area contributed by atoms with E-state index in [4.69, 9.17) is 11.6 Å². The molecule has 2 rings (SSSR count). The topological polar surface area (TPSA) is 57.8 Å². The minimum Gasteiger partial charge on any atom is -0.378 e. The lowest BCUT2D eigenvalue weighted by Gasteiger charge is -2.07. The van der Waals surface area contributed by atoms with Gasteiger partial charge >= 0.3 is 0 Å². The standard InChI is InChI=1S/C13H14ClN3O/c1-2-9-3-5-10(6-4-9)7-15-11-8-16-17-13(18)12(11)14/h3-6,8H,2,7H2,1H3,(H2,15,17,18). The lowest BCUT2D eigenvalue weighted by Crippen LogP contribution is -2.11. The smallest absolute Gasteiger partial charge is 0.285 e. The van der Waals surface area contributed by atoms with Crippen LogP contribution in [-0.4, -0.2) is 10.2 Å². The van der Waals surface area contributed by atoms with Gasteiger partial charge in [0.05, 0.1) is 11.9 Å². The van der Waals surface area contributed by atoms with Crippen LogP contribution in [0.4, 0.5) is 5.69 Å². The molecule has 0 aliphatic carbocycles. The van der Waals surface area contributed by atoms with E-state index in [1.165, 1.54) is 11.8 Å². The third kappa shape index (κ3) is 2.90. The predicted molar refractivity (Wildman–Crippen MR) is 73.0 cm³/mol. The zero-order chi connectivity index (χ0) is 13.0. The van der Waals surface area contributed by atoms with Gasteiger partial charge in [-0.15, -0.1) is 0 Å². The number of halogens is 1. The van der Waals surface area contributed by atoms with Crippen molar-refractivity contribution in [1.29, 1.82) is 0 Å². The van der Waals surface area contributed by atoms with Gasteiger partial charge in [-0.1, -0.05) is 42.8 Å². The van der Waals surface area contributed by atoms with Crippen LogP contribution in [0.3, 0.4) is 0 Å². The maximum Gasteiger partial charge on any atom is 0.285 e. The normalized spacial score (nSPS) is 10.3. The second kappa shape index (κ2) is 5.69. The number of aromatic nitrogens is 2. The molecule has 1 aromatic heterocycles. The van der Waals surface area contributed by atoms with Gasteiger partial charge in [0.15, 0.2) is 0 Å². The molecule has 4 nitrogen and oxygen atoms in total. The Morgan fingerprint density at radius 2 is 1.94 bits per heavy atom. The Bertz CT molecular complexity index is 578. The number of benzene rings is 1. The molecule has 0 spiro atoms. The number of rotatable bonds is 4. The second-order valence-electron chi connectivity index (χ2n) is 3.95. The van der Waals surface area contributed by atoms with E-state index >= 15 is 0 Å². The number of aryl methyl sites for hydroxylation is 1. The molecule has 94 valence electrons. The minimum absolute atomic E-state index is 0.134. The lowest BCUT2D eigenvalue weighted by molar-refractivity contribution is 0.981. The molecule has 0 atom stereocenters. The van der Waals surface area contributed by atoms with E-state index in [1.807, 2.05) is 0 Å². The van der Waals surface area contributed by atoms with Crippen LogP contribution in [0.1, 0.15) is 18.1 Å². The van der Waals surface area contributed by atoms with Crippen LogP contribution in [0.5, 0.6) is 0 Å². The number of aromatic amines is 1. The Hall–Kier alpha value is -1.81. The molecule has 0 aliphatic rings. The zero-order valence-electron chi connectivity index (χ0n) is 10.0. The van der Waals surface area contributed by atoms with Gasteiger partial charge in [0.1, 0.15) is 5.02 Å². The number of nitrogens with one attached hydrogen (secondary N) is 2. The van der Waals surface area contributed by atoms with Crippen LogP contribution in [0.2, 0.25) is 5.02 Å². The van der Waals surface area contributed by atoms with E-state index in [9.17, 15) is 4.79 Å². The summed E-state index contributed by atoms with van der Waals surface area (Å²) in [5, 5.41) is 9.20. The fraction of sp³-hybridized carbons (Fsp3) is 0.231. The fourth-order valence-corrected chi connectivity index (χ4v) is 1.75. The fourth-order valence-electron chi connectivity index (χ4n) is 1.60. The average molecular weight is 264 g/mol. The zero-order valence-corrected chi connectivity index (χ0v) is 10.8. The lowest BCUT2D eigenvalue weighted by atomic mass is 10.1. The molecule has 0 amide bonds. The molecule has 5 heteroatoms. The van der Waals surface area contributed by atoms with Gasteiger partial charge in [0.2, 0.25) is 0 Å².